The molecule has 1 amide bonds. The van der Waals surface area contributed by atoms with Crippen molar-refractivity contribution in [2.24, 2.45) is 5.92 Å². The van der Waals surface area contributed by atoms with Crippen LogP contribution in [0.2, 0.25) is 10.0 Å². The van der Waals surface area contributed by atoms with E-state index in [2.05, 4.69) is 40.6 Å². The SMILES string of the molecule is Cc1cccc(CSc2nnc(CNC(=O)C3CC3)n2-c2ccc(Cl)cc2Cl)c1. The Morgan fingerprint density at radius 1 is 1.21 bits per heavy atom. The van der Waals surface area contributed by atoms with E-state index in [-0.39, 0.29) is 11.8 Å². The summed E-state index contributed by atoms with van der Waals surface area (Å²) in [6, 6.07) is 13.7. The number of aromatic nitrogens is 3. The van der Waals surface area contributed by atoms with Gasteiger partial charge in [0.2, 0.25) is 5.91 Å². The minimum atomic E-state index is 0.0655. The van der Waals surface area contributed by atoms with Crippen LogP contribution in [-0.4, -0.2) is 20.7 Å². The average molecular weight is 447 g/mol. The first-order valence-corrected chi connectivity index (χ1v) is 11.1. The fourth-order valence-electron chi connectivity index (χ4n) is 3.02. The zero-order chi connectivity index (χ0) is 20.4. The number of thioether (sulfide) groups is 1. The standard InChI is InChI=1S/C21H20Cl2N4OS/c1-13-3-2-4-14(9-13)12-29-21-26-25-19(11-24-20(28)15-5-6-15)27(21)18-8-7-16(22)10-17(18)23/h2-4,7-10,15H,5-6,11-12H2,1H3,(H,24,28). The molecule has 1 aliphatic carbocycles. The Hall–Kier alpha value is -2.02. The zero-order valence-corrected chi connectivity index (χ0v) is 18.2. The zero-order valence-electron chi connectivity index (χ0n) is 15.9. The maximum Gasteiger partial charge on any atom is 0.223 e. The van der Waals surface area contributed by atoms with Crippen molar-refractivity contribution in [1.29, 1.82) is 0 Å². The summed E-state index contributed by atoms with van der Waals surface area (Å²) in [5.41, 5.74) is 3.16. The fraction of sp³-hybridized carbons (Fsp3) is 0.286. The molecule has 5 nitrogen and oxygen atoms in total. The van der Waals surface area contributed by atoms with Gasteiger partial charge in [-0.15, -0.1) is 10.2 Å². The van der Waals surface area contributed by atoms with Gasteiger partial charge in [-0.25, -0.2) is 0 Å². The molecule has 0 radical (unpaired) electrons. The number of amides is 1. The van der Waals surface area contributed by atoms with Gasteiger partial charge in [-0.05, 0) is 43.5 Å². The van der Waals surface area contributed by atoms with Crippen molar-refractivity contribution < 1.29 is 4.79 Å². The summed E-state index contributed by atoms with van der Waals surface area (Å²) < 4.78 is 1.90. The summed E-state index contributed by atoms with van der Waals surface area (Å²) in [5.74, 6) is 1.59. The van der Waals surface area contributed by atoms with Crippen molar-refractivity contribution in [3.05, 3.63) is 69.5 Å². The molecule has 1 N–H and O–H groups in total. The third-order valence-electron chi connectivity index (χ3n) is 4.67. The summed E-state index contributed by atoms with van der Waals surface area (Å²) in [6.07, 6.45) is 1.91. The van der Waals surface area contributed by atoms with Crippen LogP contribution in [-0.2, 0) is 17.1 Å². The molecular weight excluding hydrogens is 427 g/mol. The molecule has 29 heavy (non-hydrogen) atoms. The third kappa shape index (κ3) is 4.94. The summed E-state index contributed by atoms with van der Waals surface area (Å²) in [5, 5.41) is 13.4. The number of hydrogen-bond donors (Lipinski definition) is 1. The van der Waals surface area contributed by atoms with E-state index in [9.17, 15) is 4.79 Å². The number of halogens is 2. The second-order valence-corrected chi connectivity index (χ2v) is 8.89. The Morgan fingerprint density at radius 3 is 2.76 bits per heavy atom. The van der Waals surface area contributed by atoms with Gasteiger partial charge < -0.3 is 5.32 Å². The third-order valence-corrected chi connectivity index (χ3v) is 6.21. The first kappa shape index (κ1) is 20.3. The van der Waals surface area contributed by atoms with Gasteiger partial charge in [0.25, 0.3) is 0 Å². The number of benzene rings is 2. The molecule has 1 heterocycles. The van der Waals surface area contributed by atoms with Crippen LogP contribution in [0.1, 0.15) is 29.8 Å². The molecule has 8 heteroatoms. The number of carbonyl (C=O) groups excluding carboxylic acids is 1. The van der Waals surface area contributed by atoms with Gasteiger partial charge in [-0.2, -0.15) is 0 Å². The highest BCUT2D eigenvalue weighted by Crippen LogP contribution is 2.31. The molecule has 0 bridgehead atoms. The molecule has 0 spiro atoms. The average Bonchev–Trinajstić information content (AvgIpc) is 3.46. The van der Waals surface area contributed by atoms with Crippen molar-refractivity contribution in [1.82, 2.24) is 20.1 Å². The van der Waals surface area contributed by atoms with Crippen LogP contribution >= 0.6 is 35.0 Å². The number of hydrogen-bond acceptors (Lipinski definition) is 4. The quantitative estimate of drug-likeness (QED) is 0.506. The molecule has 150 valence electrons. The number of nitrogens with one attached hydrogen (secondary N) is 1. The Labute approximate surface area is 183 Å². The molecule has 0 atom stereocenters. The lowest BCUT2D eigenvalue weighted by Crippen LogP contribution is -2.25. The topological polar surface area (TPSA) is 59.8 Å². The van der Waals surface area contributed by atoms with Crippen LogP contribution in [0.3, 0.4) is 0 Å². The van der Waals surface area contributed by atoms with Gasteiger partial charge in [0.15, 0.2) is 11.0 Å². The van der Waals surface area contributed by atoms with Gasteiger partial charge in [0, 0.05) is 16.7 Å². The first-order chi connectivity index (χ1) is 14.0. The maximum absolute atomic E-state index is 12.1. The van der Waals surface area contributed by atoms with E-state index in [0.717, 1.165) is 24.3 Å². The first-order valence-electron chi connectivity index (χ1n) is 9.37. The molecule has 1 fully saturated rings. The van der Waals surface area contributed by atoms with Crippen LogP contribution in [0.25, 0.3) is 5.69 Å². The Balaban J connectivity index is 1.61. The van der Waals surface area contributed by atoms with Crippen molar-refractivity contribution in [3.63, 3.8) is 0 Å². The maximum atomic E-state index is 12.1. The van der Waals surface area contributed by atoms with Crippen molar-refractivity contribution in [2.75, 3.05) is 0 Å². The van der Waals surface area contributed by atoms with Gasteiger partial charge in [0.1, 0.15) is 0 Å². The van der Waals surface area contributed by atoms with Crippen molar-refractivity contribution in [2.45, 2.75) is 37.2 Å². The second-order valence-electron chi connectivity index (χ2n) is 7.10. The number of nitrogens with zero attached hydrogens (tertiary/aromatic N) is 3. The van der Waals surface area contributed by atoms with Gasteiger partial charge in [-0.3, -0.25) is 9.36 Å². The van der Waals surface area contributed by atoms with Gasteiger partial charge >= 0.3 is 0 Å². The fourth-order valence-corrected chi connectivity index (χ4v) is 4.42. The Kier molecular flexibility index (Phi) is 6.13. The Morgan fingerprint density at radius 2 is 2.03 bits per heavy atom. The number of carbonyl (C=O) groups is 1. The van der Waals surface area contributed by atoms with Crippen LogP contribution in [0.15, 0.2) is 47.6 Å². The van der Waals surface area contributed by atoms with E-state index in [1.807, 2.05) is 16.7 Å². The highest BCUT2D eigenvalue weighted by molar-refractivity contribution is 7.98. The minimum Gasteiger partial charge on any atom is -0.349 e. The van der Waals surface area contributed by atoms with E-state index in [1.165, 1.54) is 11.1 Å². The lowest BCUT2D eigenvalue weighted by atomic mass is 10.2. The Bertz CT molecular complexity index is 1050. The van der Waals surface area contributed by atoms with Crippen molar-refractivity contribution in [3.8, 4) is 5.69 Å². The predicted molar refractivity (Wildman–Crippen MR) is 117 cm³/mol. The molecule has 3 aromatic rings. The summed E-state index contributed by atoms with van der Waals surface area (Å²) in [7, 11) is 0. The van der Waals surface area contributed by atoms with E-state index in [1.54, 1.807) is 23.9 Å². The van der Waals surface area contributed by atoms with Gasteiger partial charge in [-0.1, -0.05) is 64.8 Å². The summed E-state index contributed by atoms with van der Waals surface area (Å²) in [6.45, 7) is 2.37. The molecule has 0 saturated heterocycles. The molecule has 4 rings (SSSR count). The van der Waals surface area contributed by atoms with Crippen LogP contribution in [0.5, 0.6) is 0 Å². The minimum absolute atomic E-state index is 0.0655. The second kappa shape index (κ2) is 8.78. The van der Waals surface area contributed by atoms with E-state index < -0.39 is 0 Å². The van der Waals surface area contributed by atoms with E-state index >= 15 is 0 Å². The van der Waals surface area contributed by atoms with E-state index in [0.29, 0.717) is 27.6 Å². The molecule has 0 aliphatic heterocycles. The largest absolute Gasteiger partial charge is 0.349 e. The van der Waals surface area contributed by atoms with E-state index in [4.69, 9.17) is 23.2 Å². The van der Waals surface area contributed by atoms with Crippen LogP contribution < -0.4 is 5.32 Å². The smallest absolute Gasteiger partial charge is 0.223 e. The monoisotopic (exact) mass is 446 g/mol. The lowest BCUT2D eigenvalue weighted by Gasteiger charge is -2.13. The number of rotatable bonds is 7. The normalized spacial score (nSPS) is 13.5. The molecule has 2 aromatic carbocycles. The summed E-state index contributed by atoms with van der Waals surface area (Å²) in [4.78, 5) is 12.1. The van der Waals surface area contributed by atoms with Crippen molar-refractivity contribution >= 4 is 40.9 Å². The molecule has 1 saturated carbocycles. The van der Waals surface area contributed by atoms with Crippen LogP contribution in [0, 0.1) is 12.8 Å². The molecule has 1 aliphatic rings. The predicted octanol–water partition coefficient (Wildman–Crippen LogP) is 5.20. The van der Waals surface area contributed by atoms with Gasteiger partial charge in [0.05, 0.1) is 17.3 Å². The lowest BCUT2D eigenvalue weighted by molar-refractivity contribution is -0.122. The highest BCUT2D eigenvalue weighted by Gasteiger charge is 2.29. The number of aryl methyl sites for hydroxylation is 1. The summed E-state index contributed by atoms with van der Waals surface area (Å²) >= 11 is 14.1. The molecule has 0 unspecified atom stereocenters. The highest BCUT2D eigenvalue weighted by atomic mass is 35.5. The molecular formula is C21H20Cl2N4OS. The van der Waals surface area contributed by atoms with Crippen LogP contribution in [0.4, 0.5) is 0 Å². The molecule has 1 aromatic heterocycles.